The highest BCUT2D eigenvalue weighted by Crippen LogP contribution is 2.19. The molecule has 0 spiro atoms. The van der Waals surface area contributed by atoms with Gasteiger partial charge in [-0.2, -0.15) is 0 Å². The third-order valence-corrected chi connectivity index (χ3v) is 10.5. The van der Waals surface area contributed by atoms with E-state index in [4.69, 9.17) is 18.9 Å². The molecule has 7 nitrogen and oxygen atoms in total. The number of carbonyl (C=O) groups is 2. The summed E-state index contributed by atoms with van der Waals surface area (Å²) in [5, 5.41) is 10.3. The third-order valence-electron chi connectivity index (χ3n) is 10.5. The first-order valence-corrected chi connectivity index (χ1v) is 23.2. The number of hydrogen-bond donors (Lipinski definition) is 1. The predicted molar refractivity (Wildman–Crippen MR) is 241 cm³/mol. The number of hydrogen-bond acceptors (Lipinski definition) is 7. The van der Waals surface area contributed by atoms with Crippen molar-refractivity contribution in [3.63, 3.8) is 0 Å². The van der Waals surface area contributed by atoms with E-state index in [1.54, 1.807) is 26.0 Å². The second-order valence-corrected chi connectivity index (χ2v) is 16.1. The molecular formula is C51H80O7. The van der Waals surface area contributed by atoms with E-state index in [2.05, 4.69) is 13.8 Å². The number of aliphatic hydroxyl groups is 1. The van der Waals surface area contributed by atoms with Gasteiger partial charge in [0, 0.05) is 11.1 Å². The Morgan fingerprint density at radius 2 is 0.741 bits per heavy atom. The molecule has 0 bridgehead atoms. The van der Waals surface area contributed by atoms with Crippen LogP contribution in [0.15, 0.2) is 59.7 Å². The van der Waals surface area contributed by atoms with Gasteiger partial charge >= 0.3 is 11.9 Å². The van der Waals surface area contributed by atoms with Crippen LogP contribution in [0.4, 0.5) is 0 Å². The Labute approximate surface area is 353 Å². The van der Waals surface area contributed by atoms with E-state index < -0.39 is 18.0 Å². The molecule has 2 rings (SSSR count). The maximum Gasteiger partial charge on any atom is 0.333 e. The molecule has 0 saturated heterocycles. The molecule has 0 aliphatic carbocycles. The number of benzene rings is 2. The van der Waals surface area contributed by atoms with Crippen LogP contribution in [0.5, 0.6) is 11.5 Å². The Hall–Kier alpha value is -3.58. The molecule has 0 amide bonds. The van der Waals surface area contributed by atoms with Gasteiger partial charge in [0.15, 0.2) is 0 Å². The molecule has 0 unspecified atom stereocenters. The van der Waals surface area contributed by atoms with Crippen LogP contribution >= 0.6 is 0 Å². The lowest BCUT2D eigenvalue weighted by Crippen LogP contribution is -2.25. The molecule has 1 N–H and O–H groups in total. The summed E-state index contributed by atoms with van der Waals surface area (Å²) in [6.45, 7) is 8.70. The Bertz CT molecular complexity index is 1270. The van der Waals surface area contributed by atoms with Gasteiger partial charge in [0.05, 0.1) is 13.2 Å². The molecule has 2 aromatic carbocycles. The molecule has 0 aliphatic rings. The first-order chi connectivity index (χ1) is 28.3. The molecule has 326 valence electrons. The van der Waals surface area contributed by atoms with E-state index in [0.717, 1.165) is 35.5 Å². The molecule has 0 heterocycles. The van der Waals surface area contributed by atoms with Gasteiger partial charge in [-0.3, -0.25) is 0 Å². The fraction of sp³-hybridized carbons (Fsp3) is 0.647. The minimum Gasteiger partial charge on any atom is -0.494 e. The summed E-state index contributed by atoms with van der Waals surface area (Å²) in [5.74, 6) is 0.530. The van der Waals surface area contributed by atoms with Gasteiger partial charge < -0.3 is 24.1 Å². The van der Waals surface area contributed by atoms with E-state index >= 15 is 0 Å². The van der Waals surface area contributed by atoms with E-state index in [-0.39, 0.29) is 13.2 Å². The minimum atomic E-state index is -1.14. The first-order valence-electron chi connectivity index (χ1n) is 23.2. The molecule has 2 aromatic rings. The first kappa shape index (κ1) is 50.6. The smallest absolute Gasteiger partial charge is 0.333 e. The predicted octanol–water partition coefficient (Wildman–Crippen LogP) is 13.8. The largest absolute Gasteiger partial charge is 0.494 e. The quantitative estimate of drug-likeness (QED) is 0.0417. The number of esters is 2. The number of unbranched alkanes of at least 4 members (excludes halogenated alkanes) is 22. The van der Waals surface area contributed by atoms with Crippen LogP contribution in [-0.2, 0) is 19.1 Å². The maximum absolute atomic E-state index is 12.6. The van der Waals surface area contributed by atoms with Gasteiger partial charge in [0.25, 0.3) is 0 Å². The molecule has 0 saturated carbocycles. The molecule has 7 heteroatoms. The van der Waals surface area contributed by atoms with Crippen molar-refractivity contribution in [2.75, 3.05) is 26.4 Å². The lowest BCUT2D eigenvalue weighted by atomic mass is 10.1. The number of rotatable bonds is 36. The summed E-state index contributed by atoms with van der Waals surface area (Å²) in [6, 6.07) is 15.2. The van der Waals surface area contributed by atoms with Gasteiger partial charge in [-0.25, -0.2) is 9.59 Å². The second-order valence-electron chi connectivity index (χ2n) is 16.1. The van der Waals surface area contributed by atoms with Gasteiger partial charge in [-0.05, 0) is 74.2 Å². The summed E-state index contributed by atoms with van der Waals surface area (Å²) in [5.41, 5.74) is 2.49. The van der Waals surface area contributed by atoms with E-state index in [1.165, 1.54) is 141 Å². The van der Waals surface area contributed by atoms with E-state index in [1.807, 2.05) is 48.5 Å². The molecule has 0 aliphatic heterocycles. The molecule has 58 heavy (non-hydrogen) atoms. The minimum absolute atomic E-state index is 0.285. The van der Waals surface area contributed by atoms with Crippen molar-refractivity contribution in [2.45, 2.75) is 188 Å². The molecule has 0 atom stereocenters. The zero-order valence-electron chi connectivity index (χ0n) is 37.0. The van der Waals surface area contributed by atoms with Crippen LogP contribution in [0.1, 0.15) is 193 Å². The summed E-state index contributed by atoms with van der Waals surface area (Å²) in [4.78, 5) is 25.1. The Morgan fingerprint density at radius 3 is 1.03 bits per heavy atom. The van der Waals surface area contributed by atoms with Gasteiger partial charge in [0.2, 0.25) is 0 Å². The Balaban J connectivity index is 1.55. The van der Waals surface area contributed by atoms with Crippen LogP contribution in [0, 0.1) is 0 Å². The Morgan fingerprint density at radius 1 is 0.466 bits per heavy atom. The van der Waals surface area contributed by atoms with Gasteiger partial charge in [-0.1, -0.05) is 179 Å². The highest BCUT2D eigenvalue weighted by molar-refractivity contribution is 5.93. The fourth-order valence-electron chi connectivity index (χ4n) is 6.82. The van der Waals surface area contributed by atoms with E-state index in [9.17, 15) is 14.7 Å². The van der Waals surface area contributed by atoms with Crippen molar-refractivity contribution in [3.8, 4) is 11.5 Å². The van der Waals surface area contributed by atoms with Crippen LogP contribution in [-0.4, -0.2) is 49.6 Å². The second kappa shape index (κ2) is 34.3. The normalized spacial score (nSPS) is 12.4. The zero-order chi connectivity index (χ0) is 41.9. The zero-order valence-corrected chi connectivity index (χ0v) is 37.0. The van der Waals surface area contributed by atoms with Crippen LogP contribution < -0.4 is 9.47 Å². The highest BCUT2D eigenvalue weighted by atomic mass is 16.6. The highest BCUT2D eigenvalue weighted by Gasteiger charge is 2.14. The standard InChI is InChI=1S/C51H80O7/c1-5-7-9-11-13-15-17-19-21-23-25-27-37-55-48-33-29-45(30-34-48)39-43(3)50(53)57-41-47(52)42-58-51(54)44(4)40-46-31-35-49(36-32-46)56-38-28-26-24-22-20-18-16-14-12-10-8-6-2/h29-36,39-40,47,52H,5-28,37-38,41-42H2,1-4H3/b43-39+,44-40+. The summed E-state index contributed by atoms with van der Waals surface area (Å²) < 4.78 is 22.4. The number of carbonyl (C=O) groups excluding carboxylic acids is 2. The van der Waals surface area contributed by atoms with Crippen molar-refractivity contribution in [3.05, 3.63) is 70.8 Å². The topological polar surface area (TPSA) is 91.3 Å². The average molecular weight is 805 g/mol. The summed E-state index contributed by atoms with van der Waals surface area (Å²) >= 11 is 0. The van der Waals surface area contributed by atoms with Crippen LogP contribution in [0.3, 0.4) is 0 Å². The van der Waals surface area contributed by atoms with Gasteiger partial charge in [0.1, 0.15) is 30.8 Å². The third kappa shape index (κ3) is 26.4. The van der Waals surface area contributed by atoms with Crippen LogP contribution in [0.2, 0.25) is 0 Å². The van der Waals surface area contributed by atoms with Crippen molar-refractivity contribution in [2.24, 2.45) is 0 Å². The monoisotopic (exact) mass is 805 g/mol. The molecule has 0 radical (unpaired) electrons. The van der Waals surface area contributed by atoms with E-state index in [0.29, 0.717) is 24.4 Å². The lowest BCUT2D eigenvalue weighted by Gasteiger charge is -2.12. The molecule has 0 aromatic heterocycles. The summed E-state index contributed by atoms with van der Waals surface area (Å²) in [7, 11) is 0. The average Bonchev–Trinajstić information content (AvgIpc) is 3.23. The number of ether oxygens (including phenoxy) is 4. The maximum atomic E-state index is 12.6. The van der Waals surface area contributed by atoms with Crippen LogP contribution in [0.25, 0.3) is 12.2 Å². The molecular weight excluding hydrogens is 725 g/mol. The SMILES string of the molecule is CCCCCCCCCCCCCCOc1ccc(/C=C(\C)C(=O)OCC(O)COC(=O)/C(C)=C/c2ccc(OCCCCCCCCCCCCCC)cc2)cc1. The lowest BCUT2D eigenvalue weighted by molar-refractivity contribution is -0.147. The Kier molecular flexibility index (Phi) is 29.9. The van der Waals surface area contributed by atoms with Gasteiger partial charge in [-0.15, -0.1) is 0 Å². The summed E-state index contributed by atoms with van der Waals surface area (Å²) in [6.07, 6.45) is 33.9. The van der Waals surface area contributed by atoms with Crippen molar-refractivity contribution in [1.29, 1.82) is 0 Å². The fourth-order valence-corrected chi connectivity index (χ4v) is 6.82. The van der Waals surface area contributed by atoms with Crippen molar-refractivity contribution < 1.29 is 33.6 Å². The van der Waals surface area contributed by atoms with Crippen molar-refractivity contribution in [1.82, 2.24) is 0 Å². The molecule has 0 fully saturated rings. The van der Waals surface area contributed by atoms with Crippen molar-refractivity contribution >= 4 is 24.1 Å². The number of aliphatic hydroxyl groups excluding tert-OH is 1.